The fraction of sp³-hybridized carbons (Fsp3) is 0.455. The van der Waals surface area contributed by atoms with Crippen molar-refractivity contribution in [2.45, 2.75) is 58.3 Å². The predicted octanol–water partition coefficient (Wildman–Crippen LogP) is 1.49. The second-order valence-corrected chi connectivity index (χ2v) is 7.18. The van der Waals surface area contributed by atoms with Crippen molar-refractivity contribution in [1.82, 2.24) is 5.32 Å². The first kappa shape index (κ1) is 24.9. The van der Waals surface area contributed by atoms with E-state index < -0.39 is 54.5 Å². The van der Waals surface area contributed by atoms with E-state index in [0.717, 1.165) is 0 Å². The lowest BCUT2D eigenvalue weighted by atomic mass is 9.95. The Morgan fingerprint density at radius 2 is 1.50 bits per heavy atom. The van der Waals surface area contributed by atoms with Crippen molar-refractivity contribution in [2.75, 3.05) is 6.61 Å². The molecule has 32 heavy (non-hydrogen) atoms. The molecule has 174 valence electrons. The van der Waals surface area contributed by atoms with Crippen molar-refractivity contribution >= 4 is 23.8 Å². The Balaban J connectivity index is 2.44. The van der Waals surface area contributed by atoms with Gasteiger partial charge in [0.15, 0.2) is 12.2 Å². The van der Waals surface area contributed by atoms with E-state index in [-0.39, 0.29) is 12.4 Å². The van der Waals surface area contributed by atoms with Crippen LogP contribution in [0, 0.1) is 0 Å². The zero-order valence-electron chi connectivity index (χ0n) is 18.4. The highest BCUT2D eigenvalue weighted by Gasteiger charge is 2.52. The lowest BCUT2D eigenvalue weighted by Gasteiger charge is -2.44. The summed E-state index contributed by atoms with van der Waals surface area (Å²) >= 11 is 0. The summed E-state index contributed by atoms with van der Waals surface area (Å²) in [7, 11) is 0. The number of rotatable bonds is 8. The molecule has 0 spiro atoms. The van der Waals surface area contributed by atoms with Crippen LogP contribution in [-0.4, -0.2) is 61.1 Å². The SMILES string of the molecule is C=C(C)OC1OC(COC(C)=O)[C@H](OC(C)=O)[C@H](OC(C)=O)[C@@H]1NC(=O)c1ccccc1. The Kier molecular flexibility index (Phi) is 8.77. The average Bonchev–Trinajstić information content (AvgIpc) is 2.70. The number of esters is 3. The van der Waals surface area contributed by atoms with Gasteiger partial charge in [-0.25, -0.2) is 0 Å². The van der Waals surface area contributed by atoms with Gasteiger partial charge in [0, 0.05) is 26.3 Å². The molecule has 1 amide bonds. The molecule has 10 heteroatoms. The smallest absolute Gasteiger partial charge is 0.303 e. The Hall–Kier alpha value is -3.40. The van der Waals surface area contributed by atoms with Gasteiger partial charge < -0.3 is 29.0 Å². The Labute approximate surface area is 185 Å². The van der Waals surface area contributed by atoms with Gasteiger partial charge in [-0.2, -0.15) is 0 Å². The summed E-state index contributed by atoms with van der Waals surface area (Å²) in [6.07, 6.45) is -4.62. The van der Waals surface area contributed by atoms with E-state index in [1.54, 1.807) is 37.3 Å². The van der Waals surface area contributed by atoms with Crippen molar-refractivity contribution in [3.63, 3.8) is 0 Å². The minimum Gasteiger partial charge on any atom is -0.468 e. The Bertz CT molecular complexity index is 854. The van der Waals surface area contributed by atoms with Crippen LogP contribution in [-0.2, 0) is 38.1 Å². The maximum Gasteiger partial charge on any atom is 0.303 e. The molecule has 2 rings (SSSR count). The third-order valence-corrected chi connectivity index (χ3v) is 4.35. The molecule has 0 bridgehead atoms. The number of ether oxygens (including phenoxy) is 5. The van der Waals surface area contributed by atoms with Crippen LogP contribution in [0.5, 0.6) is 0 Å². The number of amides is 1. The zero-order valence-corrected chi connectivity index (χ0v) is 18.4. The fourth-order valence-electron chi connectivity index (χ4n) is 3.18. The van der Waals surface area contributed by atoms with Gasteiger partial charge in [-0.15, -0.1) is 0 Å². The molecule has 5 atom stereocenters. The van der Waals surface area contributed by atoms with Gasteiger partial charge in [-0.3, -0.25) is 19.2 Å². The summed E-state index contributed by atoms with van der Waals surface area (Å²) in [6, 6.07) is 7.25. The molecule has 1 heterocycles. The largest absolute Gasteiger partial charge is 0.468 e. The van der Waals surface area contributed by atoms with E-state index in [2.05, 4.69) is 11.9 Å². The van der Waals surface area contributed by atoms with Crippen LogP contribution in [0.4, 0.5) is 0 Å². The van der Waals surface area contributed by atoms with Gasteiger partial charge in [-0.05, 0) is 19.1 Å². The highest BCUT2D eigenvalue weighted by molar-refractivity contribution is 5.94. The highest BCUT2D eigenvalue weighted by atomic mass is 16.7. The summed E-state index contributed by atoms with van der Waals surface area (Å²) in [5.41, 5.74) is 0.342. The number of carbonyl (C=O) groups excluding carboxylic acids is 4. The molecule has 10 nitrogen and oxygen atoms in total. The maximum absolute atomic E-state index is 12.8. The highest BCUT2D eigenvalue weighted by Crippen LogP contribution is 2.29. The first-order chi connectivity index (χ1) is 15.1. The minimum atomic E-state index is -1.21. The van der Waals surface area contributed by atoms with Gasteiger partial charge >= 0.3 is 17.9 Å². The van der Waals surface area contributed by atoms with Crippen molar-refractivity contribution in [1.29, 1.82) is 0 Å². The van der Waals surface area contributed by atoms with Crippen LogP contribution in [0.15, 0.2) is 42.7 Å². The predicted molar refractivity (Wildman–Crippen MR) is 110 cm³/mol. The zero-order chi connectivity index (χ0) is 23.8. The van der Waals surface area contributed by atoms with E-state index >= 15 is 0 Å². The normalized spacial score (nSPS) is 24.6. The molecule has 0 aromatic heterocycles. The molecule has 1 aliphatic rings. The van der Waals surface area contributed by atoms with Gasteiger partial charge in [0.2, 0.25) is 6.29 Å². The average molecular weight is 449 g/mol. The fourth-order valence-corrected chi connectivity index (χ4v) is 3.18. The molecular formula is C22H27NO9. The second kappa shape index (κ2) is 11.3. The number of carbonyl (C=O) groups is 4. The van der Waals surface area contributed by atoms with Crippen molar-refractivity contribution in [2.24, 2.45) is 0 Å². The van der Waals surface area contributed by atoms with Crippen LogP contribution >= 0.6 is 0 Å². The van der Waals surface area contributed by atoms with Crippen LogP contribution in [0.2, 0.25) is 0 Å². The molecule has 0 radical (unpaired) electrons. The molecule has 1 aromatic rings. The quantitative estimate of drug-likeness (QED) is 0.357. The first-order valence-corrected chi connectivity index (χ1v) is 9.89. The molecule has 1 saturated heterocycles. The van der Waals surface area contributed by atoms with E-state index in [1.807, 2.05) is 0 Å². The lowest BCUT2D eigenvalue weighted by molar-refractivity contribution is -0.267. The topological polar surface area (TPSA) is 126 Å². The molecule has 0 saturated carbocycles. The van der Waals surface area contributed by atoms with Crippen molar-refractivity contribution in [3.8, 4) is 0 Å². The Morgan fingerprint density at radius 1 is 0.906 bits per heavy atom. The lowest BCUT2D eigenvalue weighted by Crippen LogP contribution is -2.66. The van der Waals surface area contributed by atoms with Gasteiger partial charge in [0.25, 0.3) is 5.91 Å². The van der Waals surface area contributed by atoms with Crippen LogP contribution < -0.4 is 5.32 Å². The number of hydrogen-bond donors (Lipinski definition) is 1. The summed E-state index contributed by atoms with van der Waals surface area (Å²) in [6.45, 7) is 8.49. The number of allylic oxidation sites excluding steroid dienone is 1. The van der Waals surface area contributed by atoms with Crippen LogP contribution in [0.1, 0.15) is 38.1 Å². The minimum absolute atomic E-state index is 0.257. The van der Waals surface area contributed by atoms with Crippen LogP contribution in [0.25, 0.3) is 0 Å². The third kappa shape index (κ3) is 7.09. The van der Waals surface area contributed by atoms with E-state index in [0.29, 0.717) is 5.56 Å². The molecular weight excluding hydrogens is 422 g/mol. The van der Waals surface area contributed by atoms with Gasteiger partial charge in [0.1, 0.15) is 18.8 Å². The Morgan fingerprint density at radius 3 is 2.03 bits per heavy atom. The monoisotopic (exact) mass is 449 g/mol. The number of benzene rings is 1. The summed E-state index contributed by atoms with van der Waals surface area (Å²) in [4.78, 5) is 47.8. The standard InChI is InChI=1S/C22H27NO9/c1-12(2)29-22-18(23-21(27)16-9-7-6-8-10-16)20(31-15(5)26)19(30-14(4)25)17(32-22)11-28-13(3)24/h6-10,17-20,22H,1,11H2,2-5H3,(H,23,27)/t17?,18-,19-,20+,22?/m0/s1. The molecule has 2 unspecified atom stereocenters. The van der Waals surface area contributed by atoms with Crippen molar-refractivity contribution < 1.29 is 42.9 Å². The summed E-state index contributed by atoms with van der Waals surface area (Å²) in [5.74, 6) is -2.19. The summed E-state index contributed by atoms with van der Waals surface area (Å²) < 4.78 is 27.3. The third-order valence-electron chi connectivity index (χ3n) is 4.35. The van der Waals surface area contributed by atoms with E-state index in [4.69, 9.17) is 23.7 Å². The van der Waals surface area contributed by atoms with E-state index in [9.17, 15) is 19.2 Å². The molecule has 1 aliphatic heterocycles. The van der Waals surface area contributed by atoms with Gasteiger partial charge in [-0.1, -0.05) is 24.8 Å². The van der Waals surface area contributed by atoms with E-state index in [1.165, 1.54) is 20.8 Å². The van der Waals surface area contributed by atoms with Gasteiger partial charge in [0.05, 0.1) is 5.76 Å². The number of hydrogen-bond acceptors (Lipinski definition) is 9. The van der Waals surface area contributed by atoms with Crippen molar-refractivity contribution in [3.05, 3.63) is 48.2 Å². The second-order valence-electron chi connectivity index (χ2n) is 7.18. The maximum atomic E-state index is 12.8. The number of nitrogens with one attached hydrogen (secondary N) is 1. The summed E-state index contributed by atoms with van der Waals surface area (Å²) in [5, 5.41) is 2.73. The molecule has 1 N–H and O–H groups in total. The molecule has 0 aliphatic carbocycles. The van der Waals surface area contributed by atoms with Crippen LogP contribution in [0.3, 0.4) is 0 Å². The molecule has 1 fully saturated rings. The first-order valence-electron chi connectivity index (χ1n) is 9.89. The molecule has 1 aromatic carbocycles.